The lowest BCUT2D eigenvalue weighted by molar-refractivity contribution is -0.137. The van der Waals surface area contributed by atoms with Crippen LogP contribution in [0.25, 0.3) is 0 Å². The number of hydrogen-bond acceptors (Lipinski definition) is 4. The highest BCUT2D eigenvalue weighted by Crippen LogP contribution is 2.19. The summed E-state index contributed by atoms with van der Waals surface area (Å²) >= 11 is 0. The maximum atomic E-state index is 11.8. The van der Waals surface area contributed by atoms with Crippen molar-refractivity contribution < 1.29 is 14.3 Å². The maximum absolute atomic E-state index is 11.8. The van der Waals surface area contributed by atoms with Crippen LogP contribution in [-0.4, -0.2) is 18.5 Å². The molecule has 1 aliphatic rings. The first kappa shape index (κ1) is 12.2. The Balaban J connectivity index is 2.10. The lowest BCUT2D eigenvalue weighted by Gasteiger charge is -2.15. The molecule has 1 fully saturated rings. The molecule has 5 heteroatoms. The summed E-state index contributed by atoms with van der Waals surface area (Å²) in [5, 5.41) is 1.42. The summed E-state index contributed by atoms with van der Waals surface area (Å²) in [7, 11) is 0. The van der Waals surface area contributed by atoms with Crippen molar-refractivity contribution >= 4 is 17.6 Å². The molecule has 0 atom stereocenters. The van der Waals surface area contributed by atoms with Crippen LogP contribution in [0.1, 0.15) is 13.3 Å². The van der Waals surface area contributed by atoms with Gasteiger partial charge in [0.1, 0.15) is 0 Å². The van der Waals surface area contributed by atoms with E-state index in [1.165, 1.54) is 11.1 Å². The monoisotopic (exact) mass is 246 g/mol. The first-order valence-corrected chi connectivity index (χ1v) is 5.72. The van der Waals surface area contributed by atoms with Crippen molar-refractivity contribution in [3.05, 3.63) is 42.1 Å². The second kappa shape index (κ2) is 5.35. The summed E-state index contributed by atoms with van der Waals surface area (Å²) in [5.41, 5.74) is 4.18. The summed E-state index contributed by atoms with van der Waals surface area (Å²) in [6.07, 6.45) is 1.48. The molecule has 0 saturated carbocycles. The van der Waals surface area contributed by atoms with Crippen LogP contribution in [0.4, 0.5) is 5.69 Å². The molecule has 1 aromatic rings. The van der Waals surface area contributed by atoms with E-state index >= 15 is 0 Å². The number of nitrogens with one attached hydrogen (secondary N) is 1. The maximum Gasteiger partial charge on any atom is 0.332 e. The highest BCUT2D eigenvalue weighted by molar-refractivity contribution is 5.98. The summed E-state index contributed by atoms with van der Waals surface area (Å²) < 4.78 is 4.79. The number of esters is 1. The SMILES string of the molecule is CCOC(=O)C=C1CC(=O)N(c2ccccc2)N1. The average Bonchev–Trinajstić information content (AvgIpc) is 2.71. The molecule has 1 aliphatic heterocycles. The zero-order valence-corrected chi connectivity index (χ0v) is 10.1. The van der Waals surface area contributed by atoms with Crippen LogP contribution in [0, 0.1) is 0 Å². The zero-order valence-electron chi connectivity index (χ0n) is 10.1. The Hall–Kier alpha value is -2.30. The molecule has 94 valence electrons. The highest BCUT2D eigenvalue weighted by Gasteiger charge is 2.26. The Morgan fingerprint density at radius 3 is 2.83 bits per heavy atom. The van der Waals surface area contributed by atoms with Crippen LogP contribution in [-0.2, 0) is 14.3 Å². The number of amides is 1. The van der Waals surface area contributed by atoms with Crippen LogP contribution in [0.15, 0.2) is 42.1 Å². The molecule has 1 aromatic carbocycles. The second-order valence-corrected chi connectivity index (χ2v) is 3.77. The number of ether oxygens (including phenoxy) is 1. The van der Waals surface area contributed by atoms with Crippen molar-refractivity contribution in [1.29, 1.82) is 0 Å². The molecule has 5 nitrogen and oxygen atoms in total. The van der Waals surface area contributed by atoms with Gasteiger partial charge < -0.3 is 4.74 Å². The van der Waals surface area contributed by atoms with Gasteiger partial charge in [-0.3, -0.25) is 10.2 Å². The fourth-order valence-corrected chi connectivity index (χ4v) is 1.68. The van der Waals surface area contributed by atoms with Crippen LogP contribution in [0.2, 0.25) is 0 Å². The Kier molecular flexibility index (Phi) is 3.62. The third-order valence-corrected chi connectivity index (χ3v) is 2.44. The minimum absolute atomic E-state index is 0.100. The Bertz CT molecular complexity index is 482. The van der Waals surface area contributed by atoms with Crippen LogP contribution < -0.4 is 10.4 Å². The van der Waals surface area contributed by atoms with Gasteiger partial charge in [-0.05, 0) is 19.1 Å². The van der Waals surface area contributed by atoms with Crippen molar-refractivity contribution in [3.8, 4) is 0 Å². The molecule has 0 spiro atoms. The Morgan fingerprint density at radius 2 is 2.17 bits per heavy atom. The number of carbonyl (C=O) groups is 2. The van der Waals surface area contributed by atoms with Gasteiger partial charge in [-0.15, -0.1) is 0 Å². The number of rotatable bonds is 3. The van der Waals surface area contributed by atoms with Gasteiger partial charge in [0.25, 0.3) is 5.91 Å². The van der Waals surface area contributed by atoms with E-state index in [9.17, 15) is 9.59 Å². The smallest absolute Gasteiger partial charge is 0.332 e. The van der Waals surface area contributed by atoms with Crippen LogP contribution >= 0.6 is 0 Å². The fraction of sp³-hybridized carbons (Fsp3) is 0.231. The Morgan fingerprint density at radius 1 is 1.44 bits per heavy atom. The van der Waals surface area contributed by atoms with Gasteiger partial charge in [0.05, 0.1) is 18.7 Å². The van der Waals surface area contributed by atoms with Gasteiger partial charge in [0.15, 0.2) is 0 Å². The second-order valence-electron chi connectivity index (χ2n) is 3.77. The summed E-state index contributed by atoms with van der Waals surface area (Å²) in [6, 6.07) is 9.20. The molecule has 0 aliphatic carbocycles. The molecular formula is C13H14N2O3. The van der Waals surface area contributed by atoms with E-state index in [2.05, 4.69) is 5.43 Å². The van der Waals surface area contributed by atoms with E-state index < -0.39 is 5.97 Å². The number of benzene rings is 1. The van der Waals surface area contributed by atoms with Crippen LogP contribution in [0.3, 0.4) is 0 Å². The summed E-state index contributed by atoms with van der Waals surface area (Å²) in [6.45, 7) is 2.05. The number of hydrazine groups is 1. The third kappa shape index (κ3) is 2.68. The van der Waals surface area contributed by atoms with E-state index in [-0.39, 0.29) is 12.3 Å². The van der Waals surface area contributed by atoms with E-state index in [0.29, 0.717) is 12.3 Å². The molecule has 1 saturated heterocycles. The lowest BCUT2D eigenvalue weighted by Crippen LogP contribution is -2.33. The molecule has 1 heterocycles. The van der Waals surface area contributed by atoms with E-state index in [1.807, 2.05) is 30.3 Å². The largest absolute Gasteiger partial charge is 0.463 e. The highest BCUT2D eigenvalue weighted by atomic mass is 16.5. The summed E-state index contributed by atoms with van der Waals surface area (Å²) in [5.74, 6) is -0.542. The van der Waals surface area contributed by atoms with Crippen molar-refractivity contribution in [3.63, 3.8) is 0 Å². The number of hydrogen-bond donors (Lipinski definition) is 1. The first-order chi connectivity index (χ1) is 8.70. The van der Waals surface area contributed by atoms with Gasteiger partial charge in [0.2, 0.25) is 0 Å². The van der Waals surface area contributed by atoms with Gasteiger partial charge in [-0.25, -0.2) is 9.80 Å². The minimum atomic E-state index is -0.442. The van der Waals surface area contributed by atoms with E-state index in [4.69, 9.17) is 4.74 Å². The quantitative estimate of drug-likeness (QED) is 0.646. The van der Waals surface area contributed by atoms with E-state index in [0.717, 1.165) is 5.69 Å². The molecule has 1 N–H and O–H groups in total. The molecule has 18 heavy (non-hydrogen) atoms. The predicted octanol–water partition coefficient (Wildman–Crippen LogP) is 1.37. The van der Waals surface area contributed by atoms with Crippen molar-refractivity contribution in [2.24, 2.45) is 0 Å². The molecule has 1 amide bonds. The topological polar surface area (TPSA) is 58.6 Å². The van der Waals surface area contributed by atoms with Gasteiger partial charge in [-0.2, -0.15) is 0 Å². The fourth-order valence-electron chi connectivity index (χ4n) is 1.68. The normalized spacial score (nSPS) is 16.8. The molecule has 0 bridgehead atoms. The Labute approximate surface area is 105 Å². The summed E-state index contributed by atoms with van der Waals surface area (Å²) in [4.78, 5) is 23.1. The predicted molar refractivity (Wildman–Crippen MR) is 66.4 cm³/mol. The number of para-hydroxylation sites is 1. The van der Waals surface area contributed by atoms with Gasteiger partial charge >= 0.3 is 5.97 Å². The first-order valence-electron chi connectivity index (χ1n) is 5.72. The van der Waals surface area contributed by atoms with Crippen LogP contribution in [0.5, 0.6) is 0 Å². The minimum Gasteiger partial charge on any atom is -0.463 e. The molecule has 0 radical (unpaired) electrons. The number of anilines is 1. The van der Waals surface area contributed by atoms with Crippen molar-refractivity contribution in [1.82, 2.24) is 5.43 Å². The van der Waals surface area contributed by atoms with Crippen molar-refractivity contribution in [2.45, 2.75) is 13.3 Å². The zero-order chi connectivity index (χ0) is 13.0. The molecule has 0 unspecified atom stereocenters. The number of carbonyl (C=O) groups excluding carboxylic acids is 2. The third-order valence-electron chi connectivity index (χ3n) is 2.44. The molecule has 2 rings (SSSR count). The lowest BCUT2D eigenvalue weighted by atomic mass is 10.3. The van der Waals surface area contributed by atoms with Gasteiger partial charge in [0, 0.05) is 11.8 Å². The molecular weight excluding hydrogens is 232 g/mol. The van der Waals surface area contributed by atoms with E-state index in [1.54, 1.807) is 6.92 Å². The van der Waals surface area contributed by atoms with Gasteiger partial charge in [-0.1, -0.05) is 18.2 Å². The standard InChI is InChI=1S/C13H14N2O3/c1-2-18-13(17)9-10-8-12(16)15(14-10)11-6-4-3-5-7-11/h3-7,9,14H,2,8H2,1H3. The average molecular weight is 246 g/mol. The van der Waals surface area contributed by atoms with Crippen molar-refractivity contribution in [2.75, 3.05) is 11.6 Å². The number of nitrogens with zero attached hydrogens (tertiary/aromatic N) is 1. The molecule has 0 aromatic heterocycles.